The summed E-state index contributed by atoms with van der Waals surface area (Å²) in [5.41, 5.74) is 0.737. The molecule has 1 rings (SSSR count). The molecule has 0 unspecified atom stereocenters. The van der Waals surface area contributed by atoms with Gasteiger partial charge in [-0.2, -0.15) is 5.26 Å². The number of nitrogens with zero attached hydrogens (tertiary/aromatic N) is 2. The summed E-state index contributed by atoms with van der Waals surface area (Å²) in [4.78, 5) is 12.8. The van der Waals surface area contributed by atoms with Crippen molar-refractivity contribution in [1.29, 1.82) is 5.26 Å². The molecule has 0 heterocycles. The van der Waals surface area contributed by atoms with Gasteiger partial charge in [0.2, 0.25) is 5.91 Å². The van der Waals surface area contributed by atoms with E-state index in [1.165, 1.54) is 11.9 Å². The molecule has 0 aliphatic rings. The van der Waals surface area contributed by atoms with E-state index in [1.54, 1.807) is 24.3 Å². The molecular formula is C11H12N2O3S. The number of sulfone groups is 1. The monoisotopic (exact) mass is 252 g/mol. The second-order valence-electron chi connectivity index (χ2n) is 3.65. The molecule has 0 bridgehead atoms. The molecule has 6 heteroatoms. The lowest BCUT2D eigenvalue weighted by Gasteiger charge is -2.17. The maximum atomic E-state index is 11.7. The number of amides is 1. The molecular weight excluding hydrogens is 240 g/mol. The molecule has 0 aromatic heterocycles. The van der Waals surface area contributed by atoms with Gasteiger partial charge in [-0.15, -0.1) is 0 Å². The first kappa shape index (κ1) is 13.2. The van der Waals surface area contributed by atoms with Crippen molar-refractivity contribution >= 4 is 21.4 Å². The van der Waals surface area contributed by atoms with Crippen molar-refractivity contribution < 1.29 is 13.2 Å². The van der Waals surface area contributed by atoms with Crippen molar-refractivity contribution in [2.45, 2.75) is 0 Å². The van der Waals surface area contributed by atoms with E-state index in [-0.39, 0.29) is 0 Å². The number of carbonyl (C=O) groups is 1. The highest BCUT2D eigenvalue weighted by atomic mass is 32.2. The molecule has 1 amide bonds. The SMILES string of the molecule is CN(C(=O)CS(C)(=O)=O)c1ccccc1C#N. The van der Waals surface area contributed by atoms with Crippen LogP contribution in [0.3, 0.4) is 0 Å². The van der Waals surface area contributed by atoms with Gasteiger partial charge in [0.15, 0.2) is 9.84 Å². The third kappa shape index (κ3) is 3.57. The van der Waals surface area contributed by atoms with Crippen LogP contribution in [-0.2, 0) is 14.6 Å². The summed E-state index contributed by atoms with van der Waals surface area (Å²) in [5, 5.41) is 8.88. The molecule has 0 fully saturated rings. The van der Waals surface area contributed by atoms with Gasteiger partial charge in [0.25, 0.3) is 0 Å². The lowest BCUT2D eigenvalue weighted by atomic mass is 10.2. The first-order valence-corrected chi connectivity index (χ1v) is 6.84. The van der Waals surface area contributed by atoms with E-state index in [1.807, 2.05) is 6.07 Å². The van der Waals surface area contributed by atoms with Gasteiger partial charge >= 0.3 is 0 Å². The lowest BCUT2D eigenvalue weighted by molar-refractivity contribution is -0.115. The van der Waals surface area contributed by atoms with Crippen LogP contribution in [0.5, 0.6) is 0 Å². The van der Waals surface area contributed by atoms with Gasteiger partial charge in [-0.05, 0) is 12.1 Å². The number of hydrogen-bond donors (Lipinski definition) is 0. The molecule has 0 spiro atoms. The van der Waals surface area contributed by atoms with Gasteiger partial charge in [-0.25, -0.2) is 8.42 Å². The van der Waals surface area contributed by atoms with Crippen LogP contribution in [0.4, 0.5) is 5.69 Å². The number of para-hydroxylation sites is 1. The van der Waals surface area contributed by atoms with Crippen LogP contribution in [0.1, 0.15) is 5.56 Å². The second kappa shape index (κ2) is 4.97. The largest absolute Gasteiger partial charge is 0.313 e. The topological polar surface area (TPSA) is 78.2 Å². The van der Waals surface area contributed by atoms with Crippen LogP contribution in [0.25, 0.3) is 0 Å². The average Bonchev–Trinajstić information content (AvgIpc) is 2.25. The highest BCUT2D eigenvalue weighted by molar-refractivity contribution is 7.91. The maximum Gasteiger partial charge on any atom is 0.241 e. The minimum Gasteiger partial charge on any atom is -0.313 e. The Kier molecular flexibility index (Phi) is 3.86. The average molecular weight is 252 g/mol. The zero-order chi connectivity index (χ0) is 13.1. The summed E-state index contributed by atoms with van der Waals surface area (Å²) in [6.07, 6.45) is 0.995. The van der Waals surface area contributed by atoms with Crippen LogP contribution in [0.15, 0.2) is 24.3 Å². The van der Waals surface area contributed by atoms with Crippen LogP contribution in [0.2, 0.25) is 0 Å². The summed E-state index contributed by atoms with van der Waals surface area (Å²) in [5.74, 6) is -1.13. The zero-order valence-electron chi connectivity index (χ0n) is 9.54. The Morgan fingerprint density at radius 3 is 2.53 bits per heavy atom. The van der Waals surface area contributed by atoms with E-state index < -0.39 is 21.5 Å². The standard InChI is InChI=1S/C11H12N2O3S/c1-13(11(14)8-17(2,15)16)10-6-4-3-5-9(10)7-12/h3-6H,8H2,1-2H3. The number of benzene rings is 1. The first-order chi connectivity index (χ1) is 7.85. The van der Waals surface area contributed by atoms with Gasteiger partial charge in [0.1, 0.15) is 11.8 Å². The summed E-state index contributed by atoms with van der Waals surface area (Å²) >= 11 is 0. The van der Waals surface area contributed by atoms with E-state index in [0.29, 0.717) is 11.3 Å². The summed E-state index contributed by atoms with van der Waals surface area (Å²) < 4.78 is 22.0. The van der Waals surface area contributed by atoms with Crippen molar-refractivity contribution in [1.82, 2.24) is 0 Å². The molecule has 1 aromatic rings. The third-order valence-corrected chi connectivity index (χ3v) is 2.92. The zero-order valence-corrected chi connectivity index (χ0v) is 10.4. The molecule has 0 aliphatic carbocycles. The molecule has 5 nitrogen and oxygen atoms in total. The quantitative estimate of drug-likeness (QED) is 0.787. The molecule has 0 atom stereocenters. The Balaban J connectivity index is 3.02. The van der Waals surface area contributed by atoms with Crippen LogP contribution >= 0.6 is 0 Å². The van der Waals surface area contributed by atoms with Gasteiger partial charge in [-0.3, -0.25) is 4.79 Å². The van der Waals surface area contributed by atoms with Gasteiger partial charge in [0, 0.05) is 13.3 Å². The van der Waals surface area contributed by atoms with Crippen molar-refractivity contribution in [3.05, 3.63) is 29.8 Å². The van der Waals surface area contributed by atoms with E-state index >= 15 is 0 Å². The van der Waals surface area contributed by atoms with E-state index in [0.717, 1.165) is 6.26 Å². The van der Waals surface area contributed by atoms with Crippen molar-refractivity contribution in [3.63, 3.8) is 0 Å². The molecule has 0 N–H and O–H groups in total. The molecule has 0 radical (unpaired) electrons. The van der Waals surface area contributed by atoms with Gasteiger partial charge in [-0.1, -0.05) is 12.1 Å². The summed E-state index contributed by atoms with van der Waals surface area (Å²) in [7, 11) is -1.92. The Morgan fingerprint density at radius 1 is 1.41 bits per heavy atom. The predicted octanol–water partition coefficient (Wildman–Crippen LogP) is 0.566. The predicted molar refractivity (Wildman–Crippen MR) is 64.3 cm³/mol. The Hall–Kier alpha value is -1.87. The highest BCUT2D eigenvalue weighted by Gasteiger charge is 2.18. The van der Waals surface area contributed by atoms with Gasteiger partial charge < -0.3 is 4.90 Å². The minimum absolute atomic E-state index is 0.330. The Labute approximate surface area is 100 Å². The minimum atomic E-state index is -3.37. The fourth-order valence-corrected chi connectivity index (χ4v) is 1.96. The second-order valence-corrected chi connectivity index (χ2v) is 5.79. The van der Waals surface area contributed by atoms with Gasteiger partial charge in [0.05, 0.1) is 11.3 Å². The molecule has 0 aliphatic heterocycles. The van der Waals surface area contributed by atoms with Crippen molar-refractivity contribution in [2.24, 2.45) is 0 Å². The molecule has 1 aromatic carbocycles. The smallest absolute Gasteiger partial charge is 0.241 e. The van der Waals surface area contributed by atoms with Crippen LogP contribution in [-0.4, -0.2) is 33.4 Å². The Morgan fingerprint density at radius 2 is 2.00 bits per heavy atom. The number of hydrogen-bond acceptors (Lipinski definition) is 4. The summed E-state index contributed by atoms with van der Waals surface area (Å²) in [6, 6.07) is 8.47. The molecule has 0 saturated heterocycles. The highest BCUT2D eigenvalue weighted by Crippen LogP contribution is 2.18. The molecule has 90 valence electrons. The van der Waals surface area contributed by atoms with Crippen molar-refractivity contribution in [2.75, 3.05) is 24.0 Å². The molecule has 17 heavy (non-hydrogen) atoms. The van der Waals surface area contributed by atoms with Crippen LogP contribution in [0, 0.1) is 11.3 Å². The number of nitriles is 1. The van der Waals surface area contributed by atoms with E-state index in [2.05, 4.69) is 0 Å². The Bertz CT molecular complexity index is 573. The third-order valence-electron chi connectivity index (χ3n) is 2.15. The normalized spacial score (nSPS) is 10.6. The first-order valence-electron chi connectivity index (χ1n) is 4.78. The fraction of sp³-hybridized carbons (Fsp3) is 0.273. The fourth-order valence-electron chi connectivity index (χ4n) is 1.32. The van der Waals surface area contributed by atoms with Crippen molar-refractivity contribution in [3.8, 4) is 6.07 Å². The van der Waals surface area contributed by atoms with E-state index in [9.17, 15) is 13.2 Å². The maximum absolute atomic E-state index is 11.7. The number of carbonyl (C=O) groups excluding carboxylic acids is 1. The van der Waals surface area contributed by atoms with Crippen LogP contribution < -0.4 is 4.90 Å². The van der Waals surface area contributed by atoms with E-state index in [4.69, 9.17) is 5.26 Å². The summed E-state index contributed by atoms with van der Waals surface area (Å²) in [6.45, 7) is 0. The number of anilines is 1. The number of rotatable bonds is 3. The molecule has 0 saturated carbocycles. The lowest BCUT2D eigenvalue weighted by Crippen LogP contribution is -2.32.